The zero-order valence-corrected chi connectivity index (χ0v) is 22.4. The van der Waals surface area contributed by atoms with Crippen LogP contribution in [0.25, 0.3) is 5.52 Å². The summed E-state index contributed by atoms with van der Waals surface area (Å²) in [5.74, 6) is 5.98. The number of carbonyl (C=O) groups excluding carboxylic acids is 1. The van der Waals surface area contributed by atoms with Gasteiger partial charge in [0.2, 0.25) is 0 Å². The van der Waals surface area contributed by atoms with E-state index in [1.165, 1.54) is 6.07 Å². The number of nitrogens with two attached hydrogens (primary N) is 1. The predicted octanol–water partition coefficient (Wildman–Crippen LogP) is 4.53. The van der Waals surface area contributed by atoms with Gasteiger partial charge in [0.1, 0.15) is 34.5 Å². The average molecular weight is 524 g/mol. The SMILES string of the molecule is CC(=NC1CCN(C(=O)OC(C)(C)C)CC1)/C(=N\N)c1cc(OC(C)c2ccc(F)cn2)c2ccnn2c1. The van der Waals surface area contributed by atoms with Crippen LogP contribution in [0.1, 0.15) is 64.8 Å². The second-order valence-corrected chi connectivity index (χ2v) is 10.3. The molecule has 1 amide bonds. The fourth-order valence-electron chi connectivity index (χ4n) is 4.31. The highest BCUT2D eigenvalue weighted by atomic mass is 19.1. The van der Waals surface area contributed by atoms with Crippen LogP contribution in [0.3, 0.4) is 0 Å². The average Bonchev–Trinajstić information content (AvgIpc) is 3.33. The van der Waals surface area contributed by atoms with Crippen LogP contribution in [0.4, 0.5) is 9.18 Å². The molecule has 3 aromatic heterocycles. The molecular formula is C27H34FN7O3. The Kier molecular flexibility index (Phi) is 7.94. The predicted molar refractivity (Wildman–Crippen MR) is 143 cm³/mol. The lowest BCUT2D eigenvalue weighted by Gasteiger charge is -2.32. The van der Waals surface area contributed by atoms with Crippen molar-refractivity contribution < 1.29 is 18.7 Å². The standard InChI is InChI=1S/C27H34FN7O3/c1-17(32-21-9-12-34(13-10-21)26(36)38-27(3,4)5)25(33-29)19-14-24(23-8-11-31-35(23)16-19)37-18(2)22-7-6-20(28)15-30-22/h6-8,11,14-16,18,21H,9-10,12-13,29H2,1-5H3/b32-17?,33-25+. The Morgan fingerprint density at radius 1 is 1.24 bits per heavy atom. The van der Waals surface area contributed by atoms with Crippen molar-refractivity contribution in [2.45, 2.75) is 65.2 Å². The summed E-state index contributed by atoms with van der Waals surface area (Å²) in [6.45, 7) is 10.4. The first-order valence-electron chi connectivity index (χ1n) is 12.6. The number of hydrogen-bond acceptors (Lipinski definition) is 8. The van der Waals surface area contributed by atoms with Gasteiger partial charge in [-0.15, -0.1) is 0 Å². The van der Waals surface area contributed by atoms with E-state index < -0.39 is 17.5 Å². The largest absolute Gasteiger partial charge is 0.482 e. The second kappa shape index (κ2) is 11.2. The number of hydrogen-bond donors (Lipinski definition) is 1. The number of carbonyl (C=O) groups is 1. The molecule has 0 saturated carbocycles. The van der Waals surface area contributed by atoms with Gasteiger partial charge in [0.15, 0.2) is 0 Å². The van der Waals surface area contributed by atoms with Gasteiger partial charge in [-0.2, -0.15) is 10.2 Å². The van der Waals surface area contributed by atoms with Gasteiger partial charge in [0.25, 0.3) is 0 Å². The minimum absolute atomic E-state index is 0.0270. The number of aliphatic imine (C=N–C) groups is 1. The van der Waals surface area contributed by atoms with Gasteiger partial charge in [-0.05, 0) is 71.7 Å². The number of fused-ring (bicyclic) bond motifs is 1. The number of halogens is 1. The lowest BCUT2D eigenvalue weighted by molar-refractivity contribution is 0.0207. The molecule has 1 aliphatic rings. The highest BCUT2D eigenvalue weighted by molar-refractivity contribution is 6.47. The summed E-state index contributed by atoms with van der Waals surface area (Å²) in [5, 5.41) is 8.40. The summed E-state index contributed by atoms with van der Waals surface area (Å²) in [6, 6.07) is 6.65. The quantitative estimate of drug-likeness (QED) is 0.288. The Labute approximate surface area is 221 Å². The molecule has 1 fully saturated rings. The molecule has 4 heterocycles. The normalized spacial score (nSPS) is 16.5. The fraction of sp³-hybridized carbons (Fsp3) is 0.444. The summed E-state index contributed by atoms with van der Waals surface area (Å²) in [4.78, 5) is 23.1. The highest BCUT2D eigenvalue weighted by Gasteiger charge is 2.27. The molecule has 0 spiro atoms. The van der Waals surface area contributed by atoms with E-state index in [1.54, 1.807) is 21.7 Å². The number of pyridine rings is 2. The van der Waals surface area contributed by atoms with Crippen molar-refractivity contribution in [2.75, 3.05) is 13.1 Å². The minimum Gasteiger partial charge on any atom is -0.482 e. The van der Waals surface area contributed by atoms with Crippen molar-refractivity contribution in [3.8, 4) is 5.75 Å². The Balaban J connectivity index is 1.51. The summed E-state index contributed by atoms with van der Waals surface area (Å²) in [6.07, 6.45) is 5.34. The van der Waals surface area contributed by atoms with E-state index in [9.17, 15) is 9.18 Å². The molecule has 4 rings (SSSR count). The molecule has 38 heavy (non-hydrogen) atoms. The third-order valence-electron chi connectivity index (χ3n) is 6.18. The molecule has 10 nitrogen and oxygen atoms in total. The third-order valence-corrected chi connectivity index (χ3v) is 6.18. The monoisotopic (exact) mass is 523 g/mol. The van der Waals surface area contributed by atoms with Gasteiger partial charge in [-0.1, -0.05) is 0 Å². The Morgan fingerprint density at radius 3 is 2.61 bits per heavy atom. The molecule has 3 aromatic rings. The minimum atomic E-state index is -0.527. The van der Waals surface area contributed by atoms with Gasteiger partial charge in [-0.25, -0.2) is 13.7 Å². The topological polar surface area (TPSA) is 120 Å². The zero-order valence-electron chi connectivity index (χ0n) is 22.4. The number of hydrazone groups is 1. The number of ether oxygens (including phenoxy) is 2. The molecule has 1 saturated heterocycles. The van der Waals surface area contributed by atoms with E-state index in [-0.39, 0.29) is 12.1 Å². The van der Waals surface area contributed by atoms with E-state index in [0.29, 0.717) is 54.4 Å². The van der Waals surface area contributed by atoms with Gasteiger partial charge < -0.3 is 20.2 Å². The zero-order chi connectivity index (χ0) is 27.4. The van der Waals surface area contributed by atoms with Crippen LogP contribution in [0.2, 0.25) is 0 Å². The van der Waals surface area contributed by atoms with Crippen LogP contribution in [0.5, 0.6) is 5.75 Å². The van der Waals surface area contributed by atoms with Crippen molar-refractivity contribution in [3.05, 3.63) is 59.9 Å². The fourth-order valence-corrected chi connectivity index (χ4v) is 4.31. The molecule has 1 unspecified atom stereocenters. The van der Waals surface area contributed by atoms with Crippen LogP contribution in [0, 0.1) is 5.82 Å². The van der Waals surface area contributed by atoms with Crippen molar-refractivity contribution in [1.29, 1.82) is 0 Å². The summed E-state index contributed by atoms with van der Waals surface area (Å²) >= 11 is 0. The van der Waals surface area contributed by atoms with Crippen LogP contribution >= 0.6 is 0 Å². The Hall–Kier alpha value is -4.02. The second-order valence-electron chi connectivity index (χ2n) is 10.3. The summed E-state index contributed by atoms with van der Waals surface area (Å²) in [7, 11) is 0. The van der Waals surface area contributed by atoms with Crippen molar-refractivity contribution >= 4 is 23.0 Å². The summed E-state index contributed by atoms with van der Waals surface area (Å²) < 4.78 is 26.7. The van der Waals surface area contributed by atoms with Crippen molar-refractivity contribution in [3.63, 3.8) is 0 Å². The Bertz CT molecular complexity index is 1340. The lowest BCUT2D eigenvalue weighted by Crippen LogP contribution is -2.42. The van der Waals surface area contributed by atoms with Crippen LogP contribution < -0.4 is 10.6 Å². The smallest absolute Gasteiger partial charge is 0.410 e. The van der Waals surface area contributed by atoms with E-state index in [4.69, 9.17) is 20.3 Å². The number of likely N-dealkylation sites (tertiary alicyclic amines) is 1. The number of aromatic nitrogens is 3. The van der Waals surface area contributed by atoms with Crippen molar-refractivity contribution in [2.24, 2.45) is 15.9 Å². The maximum Gasteiger partial charge on any atom is 0.410 e. The molecule has 1 atom stereocenters. The number of piperidine rings is 1. The number of nitrogens with zero attached hydrogens (tertiary/aromatic N) is 6. The lowest BCUT2D eigenvalue weighted by atomic mass is 10.0. The maximum atomic E-state index is 13.3. The van der Waals surface area contributed by atoms with Crippen LogP contribution in [-0.2, 0) is 4.74 Å². The molecule has 0 aliphatic carbocycles. The van der Waals surface area contributed by atoms with Gasteiger partial charge >= 0.3 is 6.09 Å². The number of rotatable bonds is 6. The van der Waals surface area contributed by atoms with Crippen molar-refractivity contribution in [1.82, 2.24) is 19.5 Å². The highest BCUT2D eigenvalue weighted by Crippen LogP contribution is 2.27. The van der Waals surface area contributed by atoms with E-state index in [1.807, 2.05) is 52.9 Å². The first-order valence-corrected chi connectivity index (χ1v) is 12.6. The first-order chi connectivity index (χ1) is 18.0. The maximum absolute atomic E-state index is 13.3. The molecule has 0 aromatic carbocycles. The molecule has 1 aliphatic heterocycles. The number of amides is 1. The van der Waals surface area contributed by atoms with E-state index in [0.717, 1.165) is 11.7 Å². The molecular weight excluding hydrogens is 489 g/mol. The Morgan fingerprint density at radius 2 is 1.97 bits per heavy atom. The van der Waals surface area contributed by atoms with Gasteiger partial charge in [-0.3, -0.25) is 9.98 Å². The third kappa shape index (κ3) is 6.45. The summed E-state index contributed by atoms with van der Waals surface area (Å²) in [5.41, 5.74) is 2.69. The molecule has 0 bridgehead atoms. The molecule has 2 N–H and O–H groups in total. The van der Waals surface area contributed by atoms with E-state index >= 15 is 0 Å². The van der Waals surface area contributed by atoms with Gasteiger partial charge in [0, 0.05) is 24.8 Å². The molecule has 11 heteroatoms. The van der Waals surface area contributed by atoms with E-state index in [2.05, 4.69) is 15.2 Å². The molecule has 0 radical (unpaired) electrons. The first kappa shape index (κ1) is 27.0. The van der Waals surface area contributed by atoms with Crippen LogP contribution in [-0.4, -0.2) is 61.7 Å². The van der Waals surface area contributed by atoms with Gasteiger partial charge in [0.05, 0.1) is 29.8 Å². The van der Waals surface area contributed by atoms with Crippen LogP contribution in [0.15, 0.2) is 52.9 Å². The molecule has 202 valence electrons.